The molecule has 0 spiro atoms. The Balaban J connectivity index is 1.63. The molecule has 1 unspecified atom stereocenters. The van der Waals surface area contributed by atoms with Crippen molar-refractivity contribution in [1.82, 2.24) is 0 Å². The molecule has 0 heterocycles. The molecule has 0 radical (unpaired) electrons. The van der Waals surface area contributed by atoms with E-state index in [1.54, 1.807) is 0 Å². The van der Waals surface area contributed by atoms with Crippen LogP contribution in [0.25, 0.3) is 0 Å². The highest BCUT2D eigenvalue weighted by Crippen LogP contribution is 2.67. The highest BCUT2D eigenvalue weighted by molar-refractivity contribution is 5.79. The lowest BCUT2D eigenvalue weighted by Crippen LogP contribution is -2.54. The average molecular weight is 319 g/mol. The first kappa shape index (κ1) is 16.1. The predicted octanol–water partition coefficient (Wildman–Crippen LogP) is 4.60. The molecule has 0 aliphatic heterocycles. The number of ketones is 1. The number of carbonyl (C=O) groups is 1. The third-order valence-electron chi connectivity index (χ3n) is 9.08. The molecule has 2 heteroatoms. The van der Waals surface area contributed by atoms with E-state index in [2.05, 4.69) is 13.8 Å². The monoisotopic (exact) mass is 318 g/mol. The highest BCUT2D eigenvalue weighted by Gasteiger charge is 2.60. The van der Waals surface area contributed by atoms with E-state index < -0.39 is 0 Å². The van der Waals surface area contributed by atoms with Crippen LogP contribution in [-0.2, 0) is 4.79 Å². The first-order valence-corrected chi connectivity index (χ1v) is 10.0. The summed E-state index contributed by atoms with van der Waals surface area (Å²) in [6.07, 6.45) is 10.9. The number of fused-ring (bicyclic) bond motifs is 5. The van der Waals surface area contributed by atoms with Crippen LogP contribution in [0.1, 0.15) is 78.6 Å². The zero-order valence-electron chi connectivity index (χ0n) is 15.2. The van der Waals surface area contributed by atoms with Crippen molar-refractivity contribution in [2.24, 2.45) is 40.4 Å². The van der Waals surface area contributed by atoms with E-state index >= 15 is 0 Å². The van der Waals surface area contributed by atoms with E-state index in [-0.39, 0.29) is 11.5 Å². The number of hydrogen-bond acceptors (Lipinski definition) is 2. The topological polar surface area (TPSA) is 37.3 Å². The summed E-state index contributed by atoms with van der Waals surface area (Å²) in [5, 5.41) is 10.3. The van der Waals surface area contributed by atoms with Crippen molar-refractivity contribution >= 4 is 5.78 Å². The van der Waals surface area contributed by atoms with Gasteiger partial charge in [0.2, 0.25) is 0 Å². The maximum Gasteiger partial charge on any atom is 0.133 e. The first-order chi connectivity index (χ1) is 10.9. The first-order valence-electron chi connectivity index (χ1n) is 10.0. The normalized spacial score (nSPS) is 55.7. The van der Waals surface area contributed by atoms with E-state index in [4.69, 9.17) is 0 Å². The number of Topliss-reactive ketones (excluding diaryl/α,β-unsaturated/α-hetero) is 1. The lowest BCUT2D eigenvalue weighted by Gasteiger charge is -2.61. The van der Waals surface area contributed by atoms with Crippen molar-refractivity contribution in [1.29, 1.82) is 0 Å². The number of rotatable bonds is 1. The number of aliphatic hydroxyl groups is 1. The molecule has 8 atom stereocenters. The van der Waals surface area contributed by atoms with E-state index in [1.165, 1.54) is 38.5 Å². The Bertz CT molecular complexity index is 500. The Labute approximate surface area is 141 Å². The summed E-state index contributed by atoms with van der Waals surface area (Å²) >= 11 is 0. The molecule has 130 valence electrons. The third kappa shape index (κ3) is 2.19. The fraction of sp³-hybridized carbons (Fsp3) is 0.952. The molecule has 1 N–H and O–H groups in total. The Hall–Kier alpha value is -0.370. The van der Waals surface area contributed by atoms with Crippen LogP contribution in [0.15, 0.2) is 0 Å². The minimum absolute atomic E-state index is 0.0724. The van der Waals surface area contributed by atoms with E-state index in [1.807, 2.05) is 6.92 Å². The van der Waals surface area contributed by atoms with Crippen molar-refractivity contribution < 1.29 is 9.90 Å². The molecule has 2 nitrogen and oxygen atoms in total. The minimum atomic E-state index is -0.0724. The fourth-order valence-corrected chi connectivity index (χ4v) is 8.00. The summed E-state index contributed by atoms with van der Waals surface area (Å²) in [6, 6.07) is 0. The molecule has 4 aliphatic rings. The largest absolute Gasteiger partial charge is 0.393 e. The molecule has 4 rings (SSSR count). The van der Waals surface area contributed by atoms with Gasteiger partial charge in [0.25, 0.3) is 0 Å². The standard InChI is InChI=1S/C21H34O2/c1-13(22)17-8-9-18-16-7-5-14-4-6-15(23)12-21(14,3)19(16)10-11-20(17,18)2/h14-19,23H,4-12H2,1-3H3/t14-,15?,16+,17-,18+,19+,20-,21+/m1/s1. The van der Waals surface area contributed by atoms with E-state index in [9.17, 15) is 9.90 Å². The minimum Gasteiger partial charge on any atom is -0.393 e. The van der Waals surface area contributed by atoms with Crippen LogP contribution in [0.5, 0.6) is 0 Å². The van der Waals surface area contributed by atoms with Crippen molar-refractivity contribution in [3.63, 3.8) is 0 Å². The van der Waals surface area contributed by atoms with Gasteiger partial charge in [0.1, 0.15) is 5.78 Å². The van der Waals surface area contributed by atoms with Gasteiger partial charge in [0.05, 0.1) is 6.10 Å². The molecule has 0 bridgehead atoms. The van der Waals surface area contributed by atoms with Crippen LogP contribution in [0.3, 0.4) is 0 Å². The van der Waals surface area contributed by atoms with Crippen molar-refractivity contribution in [3.8, 4) is 0 Å². The van der Waals surface area contributed by atoms with Crippen LogP contribution in [0.4, 0.5) is 0 Å². The summed E-state index contributed by atoms with van der Waals surface area (Å²) in [7, 11) is 0. The smallest absolute Gasteiger partial charge is 0.133 e. The van der Waals surface area contributed by atoms with Crippen LogP contribution in [0.2, 0.25) is 0 Å². The molecule has 0 amide bonds. The molecule has 4 aliphatic carbocycles. The molecule has 0 aromatic rings. The lowest BCUT2D eigenvalue weighted by molar-refractivity contribution is -0.139. The molecule has 0 saturated heterocycles. The Morgan fingerprint density at radius 2 is 1.61 bits per heavy atom. The van der Waals surface area contributed by atoms with Crippen LogP contribution >= 0.6 is 0 Å². The molecular formula is C21H34O2. The second-order valence-electron chi connectivity index (χ2n) is 9.88. The SMILES string of the molecule is CC(=O)[C@H]1CC[C@H]2[C@@H]3CC[C@H]4CCC(O)C[C@]4(C)[C@H]3CC[C@]12C. The molecule has 0 aromatic heterocycles. The van der Waals surface area contributed by atoms with Gasteiger partial charge >= 0.3 is 0 Å². The Morgan fingerprint density at radius 3 is 2.35 bits per heavy atom. The maximum absolute atomic E-state index is 12.2. The molecular weight excluding hydrogens is 284 g/mol. The van der Waals surface area contributed by atoms with Gasteiger partial charge in [-0.3, -0.25) is 4.79 Å². The summed E-state index contributed by atoms with van der Waals surface area (Å²) in [5.74, 6) is 3.94. The van der Waals surface area contributed by atoms with Gasteiger partial charge < -0.3 is 5.11 Å². The molecule has 4 saturated carbocycles. The van der Waals surface area contributed by atoms with Crippen molar-refractivity contribution in [2.45, 2.75) is 84.7 Å². The second kappa shape index (κ2) is 5.31. The van der Waals surface area contributed by atoms with Crippen LogP contribution in [0, 0.1) is 40.4 Å². The number of hydrogen-bond donors (Lipinski definition) is 1. The maximum atomic E-state index is 12.2. The summed E-state index contributed by atoms with van der Waals surface area (Å²) in [6.45, 7) is 6.74. The summed E-state index contributed by atoms with van der Waals surface area (Å²) in [4.78, 5) is 12.2. The zero-order valence-corrected chi connectivity index (χ0v) is 15.2. The van der Waals surface area contributed by atoms with Crippen molar-refractivity contribution in [3.05, 3.63) is 0 Å². The van der Waals surface area contributed by atoms with Gasteiger partial charge in [-0.15, -0.1) is 0 Å². The number of carbonyl (C=O) groups excluding carboxylic acids is 1. The van der Waals surface area contributed by atoms with Gasteiger partial charge in [-0.1, -0.05) is 13.8 Å². The summed E-state index contributed by atoms with van der Waals surface area (Å²) in [5.41, 5.74) is 0.625. The number of aliphatic hydroxyl groups excluding tert-OH is 1. The van der Waals surface area contributed by atoms with Crippen LogP contribution < -0.4 is 0 Å². The van der Waals surface area contributed by atoms with Gasteiger partial charge in [-0.2, -0.15) is 0 Å². The molecule has 0 aromatic carbocycles. The van der Waals surface area contributed by atoms with Crippen LogP contribution in [-0.4, -0.2) is 17.0 Å². The Morgan fingerprint density at radius 1 is 0.913 bits per heavy atom. The average Bonchev–Trinajstić information content (AvgIpc) is 2.83. The van der Waals surface area contributed by atoms with Gasteiger partial charge in [0, 0.05) is 5.92 Å². The highest BCUT2D eigenvalue weighted by atomic mass is 16.3. The van der Waals surface area contributed by atoms with Gasteiger partial charge in [-0.25, -0.2) is 0 Å². The van der Waals surface area contributed by atoms with Crippen molar-refractivity contribution in [2.75, 3.05) is 0 Å². The lowest BCUT2D eigenvalue weighted by atomic mass is 9.44. The Kier molecular flexibility index (Phi) is 3.72. The van der Waals surface area contributed by atoms with Gasteiger partial charge in [-0.05, 0) is 99.2 Å². The third-order valence-corrected chi connectivity index (χ3v) is 9.08. The quantitative estimate of drug-likeness (QED) is 0.767. The second-order valence-corrected chi connectivity index (χ2v) is 9.88. The molecule has 23 heavy (non-hydrogen) atoms. The predicted molar refractivity (Wildman–Crippen MR) is 91.9 cm³/mol. The zero-order chi connectivity index (χ0) is 16.4. The van der Waals surface area contributed by atoms with E-state index in [0.717, 1.165) is 42.9 Å². The van der Waals surface area contributed by atoms with Gasteiger partial charge in [0.15, 0.2) is 0 Å². The summed E-state index contributed by atoms with van der Waals surface area (Å²) < 4.78 is 0. The fourth-order valence-electron chi connectivity index (χ4n) is 8.00. The van der Waals surface area contributed by atoms with E-state index in [0.29, 0.717) is 17.1 Å². The molecule has 4 fully saturated rings.